The van der Waals surface area contributed by atoms with Crippen LogP contribution in [-0.4, -0.2) is 12.7 Å². The maximum Gasteiger partial charge on any atom is 0.124 e. The molecule has 0 aliphatic heterocycles. The van der Waals surface area contributed by atoms with Crippen molar-refractivity contribution in [3.8, 4) is 11.5 Å². The van der Waals surface area contributed by atoms with Gasteiger partial charge in [-0.15, -0.1) is 0 Å². The van der Waals surface area contributed by atoms with Crippen molar-refractivity contribution in [2.45, 2.75) is 92.1 Å². The van der Waals surface area contributed by atoms with Crippen LogP contribution in [0.2, 0.25) is 0 Å². The van der Waals surface area contributed by atoms with Gasteiger partial charge in [0.2, 0.25) is 0 Å². The van der Waals surface area contributed by atoms with Crippen LogP contribution >= 0.6 is 0 Å². The van der Waals surface area contributed by atoms with Crippen LogP contribution in [0.5, 0.6) is 11.5 Å². The van der Waals surface area contributed by atoms with Gasteiger partial charge >= 0.3 is 0 Å². The molecule has 2 aromatic carbocycles. The summed E-state index contributed by atoms with van der Waals surface area (Å²) in [5.74, 6) is 1.78. The van der Waals surface area contributed by atoms with Crippen molar-refractivity contribution in [2.24, 2.45) is 10.2 Å². The Bertz CT molecular complexity index is 817. The highest BCUT2D eigenvalue weighted by atomic mass is 16.5. The van der Waals surface area contributed by atoms with E-state index < -0.39 is 0 Å². The minimum Gasteiger partial charge on any atom is -0.493 e. The van der Waals surface area contributed by atoms with Crippen LogP contribution in [0.4, 0.5) is 11.4 Å². The third-order valence-electron chi connectivity index (χ3n) is 5.57. The molecule has 4 heteroatoms. The molecule has 1 atom stereocenters. The van der Waals surface area contributed by atoms with Crippen molar-refractivity contribution in [1.29, 1.82) is 0 Å². The van der Waals surface area contributed by atoms with Crippen LogP contribution in [0.3, 0.4) is 0 Å². The molecule has 0 amide bonds. The maximum atomic E-state index is 6.18. The lowest BCUT2D eigenvalue weighted by atomic mass is 10.1. The molecule has 2 rings (SSSR count). The lowest BCUT2D eigenvalue weighted by molar-refractivity contribution is 0.205. The zero-order valence-corrected chi connectivity index (χ0v) is 20.1. The molecule has 0 aliphatic rings. The summed E-state index contributed by atoms with van der Waals surface area (Å²) in [4.78, 5) is 0. The van der Waals surface area contributed by atoms with Crippen molar-refractivity contribution < 1.29 is 9.47 Å². The Balaban J connectivity index is 2.04. The first-order chi connectivity index (χ1) is 15.1. The van der Waals surface area contributed by atoms with Gasteiger partial charge in [0.25, 0.3) is 0 Å². The summed E-state index contributed by atoms with van der Waals surface area (Å²) < 4.78 is 12.2. The standard InChI is InChI=1S/C27H40N2O2/c1-6-8-10-12-20-30-26-18-13-16-24(22(26)4)28-29-25-17-14-19-27(23(25)5)31-21(3)15-11-9-7-2/h13-14,16-19,21H,6-12,15,20H2,1-5H3/t21-/m1/s1. The van der Waals surface area contributed by atoms with Crippen LogP contribution in [0.1, 0.15) is 83.3 Å². The number of azo groups is 1. The fraction of sp³-hybridized carbons (Fsp3) is 0.556. The molecule has 2 aromatic rings. The molecule has 4 nitrogen and oxygen atoms in total. The zero-order valence-electron chi connectivity index (χ0n) is 20.1. The highest BCUT2D eigenvalue weighted by molar-refractivity contribution is 5.55. The van der Waals surface area contributed by atoms with E-state index in [9.17, 15) is 0 Å². The van der Waals surface area contributed by atoms with Crippen molar-refractivity contribution in [2.75, 3.05) is 6.61 Å². The number of hydrogen-bond donors (Lipinski definition) is 0. The summed E-state index contributed by atoms with van der Waals surface area (Å²) in [6.07, 6.45) is 9.75. The number of ether oxygens (including phenoxy) is 2. The van der Waals surface area contributed by atoms with E-state index in [1.54, 1.807) is 0 Å². The summed E-state index contributed by atoms with van der Waals surface area (Å²) in [5, 5.41) is 9.06. The molecule has 0 spiro atoms. The molecule has 0 radical (unpaired) electrons. The SMILES string of the molecule is CCCCCCOc1cccc(N=Nc2cccc(O[C@H](C)CCCCC)c2C)c1C. The molecule has 170 valence electrons. The quantitative estimate of drug-likeness (QED) is 0.224. The van der Waals surface area contributed by atoms with Crippen molar-refractivity contribution in [1.82, 2.24) is 0 Å². The van der Waals surface area contributed by atoms with Gasteiger partial charge in [0.1, 0.15) is 11.5 Å². The maximum absolute atomic E-state index is 6.18. The molecular weight excluding hydrogens is 384 g/mol. The van der Waals surface area contributed by atoms with E-state index in [1.807, 2.05) is 50.2 Å². The average molecular weight is 425 g/mol. The first kappa shape index (κ1) is 24.9. The molecular formula is C27H40N2O2. The van der Waals surface area contributed by atoms with E-state index in [2.05, 4.69) is 31.0 Å². The summed E-state index contributed by atoms with van der Waals surface area (Å²) in [5.41, 5.74) is 3.72. The predicted molar refractivity (Wildman–Crippen MR) is 130 cm³/mol. The lowest BCUT2D eigenvalue weighted by Crippen LogP contribution is -2.12. The van der Waals surface area contributed by atoms with Gasteiger partial charge in [0, 0.05) is 11.1 Å². The lowest BCUT2D eigenvalue weighted by Gasteiger charge is -2.17. The Morgan fingerprint density at radius 3 is 1.97 bits per heavy atom. The van der Waals surface area contributed by atoms with Crippen LogP contribution in [0, 0.1) is 13.8 Å². The Morgan fingerprint density at radius 1 is 0.742 bits per heavy atom. The number of rotatable bonds is 14. The smallest absolute Gasteiger partial charge is 0.124 e. The third kappa shape index (κ3) is 8.35. The van der Waals surface area contributed by atoms with Gasteiger partial charge in [-0.25, -0.2) is 0 Å². The summed E-state index contributed by atoms with van der Waals surface area (Å²) >= 11 is 0. The molecule has 0 bridgehead atoms. The Hall–Kier alpha value is -2.36. The largest absolute Gasteiger partial charge is 0.493 e. The minimum atomic E-state index is 0.200. The van der Waals surface area contributed by atoms with Crippen LogP contribution < -0.4 is 9.47 Å². The summed E-state index contributed by atoms with van der Waals surface area (Å²) in [7, 11) is 0. The Kier molecular flexibility index (Phi) is 11.1. The highest BCUT2D eigenvalue weighted by Gasteiger charge is 2.10. The molecule has 0 saturated heterocycles. The average Bonchev–Trinajstić information content (AvgIpc) is 2.76. The number of unbranched alkanes of at least 4 members (excludes halogenated alkanes) is 5. The second-order valence-electron chi connectivity index (χ2n) is 8.33. The molecule has 0 fully saturated rings. The monoisotopic (exact) mass is 424 g/mol. The van der Waals surface area contributed by atoms with Gasteiger partial charge in [-0.05, 0) is 64.3 Å². The van der Waals surface area contributed by atoms with Gasteiger partial charge in [-0.3, -0.25) is 0 Å². The molecule has 0 aromatic heterocycles. The number of benzene rings is 2. The van der Waals surface area contributed by atoms with E-state index in [0.29, 0.717) is 0 Å². The van der Waals surface area contributed by atoms with E-state index in [0.717, 1.165) is 53.4 Å². The minimum absolute atomic E-state index is 0.200. The second kappa shape index (κ2) is 13.8. The van der Waals surface area contributed by atoms with E-state index in [-0.39, 0.29) is 6.10 Å². The molecule has 0 unspecified atom stereocenters. The molecule has 0 heterocycles. The normalized spacial score (nSPS) is 12.3. The van der Waals surface area contributed by atoms with Gasteiger partial charge in [0.05, 0.1) is 24.1 Å². The van der Waals surface area contributed by atoms with Crippen LogP contribution in [0.15, 0.2) is 46.6 Å². The van der Waals surface area contributed by atoms with E-state index in [1.165, 1.54) is 38.5 Å². The molecule has 0 aliphatic carbocycles. The van der Waals surface area contributed by atoms with Crippen molar-refractivity contribution in [3.63, 3.8) is 0 Å². The predicted octanol–water partition coefficient (Wildman–Crippen LogP) is 9.03. The summed E-state index contributed by atoms with van der Waals surface area (Å²) in [6, 6.07) is 12.0. The molecule has 0 saturated carbocycles. The second-order valence-corrected chi connectivity index (χ2v) is 8.33. The van der Waals surface area contributed by atoms with Crippen LogP contribution in [0.25, 0.3) is 0 Å². The first-order valence-electron chi connectivity index (χ1n) is 12.0. The van der Waals surface area contributed by atoms with Gasteiger partial charge < -0.3 is 9.47 Å². The van der Waals surface area contributed by atoms with Crippen molar-refractivity contribution >= 4 is 11.4 Å². The van der Waals surface area contributed by atoms with Gasteiger partial charge in [-0.2, -0.15) is 10.2 Å². The third-order valence-corrected chi connectivity index (χ3v) is 5.57. The van der Waals surface area contributed by atoms with Gasteiger partial charge in [0.15, 0.2) is 0 Å². The highest BCUT2D eigenvalue weighted by Crippen LogP contribution is 2.33. The van der Waals surface area contributed by atoms with E-state index in [4.69, 9.17) is 9.47 Å². The topological polar surface area (TPSA) is 43.2 Å². The molecule has 0 N–H and O–H groups in total. The van der Waals surface area contributed by atoms with E-state index >= 15 is 0 Å². The fourth-order valence-electron chi connectivity index (χ4n) is 3.48. The fourth-order valence-corrected chi connectivity index (χ4v) is 3.48. The summed E-state index contributed by atoms with van der Waals surface area (Å²) in [6.45, 7) is 11.4. The van der Waals surface area contributed by atoms with Crippen molar-refractivity contribution in [3.05, 3.63) is 47.5 Å². The van der Waals surface area contributed by atoms with Crippen LogP contribution in [-0.2, 0) is 0 Å². The Labute approximate surface area is 189 Å². The molecule has 31 heavy (non-hydrogen) atoms. The first-order valence-corrected chi connectivity index (χ1v) is 12.0. The van der Waals surface area contributed by atoms with Gasteiger partial charge in [-0.1, -0.05) is 58.1 Å². The number of nitrogens with zero attached hydrogens (tertiary/aromatic N) is 2. The zero-order chi connectivity index (χ0) is 22.5. The number of hydrogen-bond acceptors (Lipinski definition) is 4. The Morgan fingerprint density at radius 2 is 1.32 bits per heavy atom.